The molecule has 2 aromatic carbocycles. The van der Waals surface area contributed by atoms with Crippen molar-refractivity contribution in [1.82, 2.24) is 19.8 Å². The molecule has 0 aliphatic carbocycles. The van der Waals surface area contributed by atoms with Gasteiger partial charge >= 0.3 is 0 Å². The average molecular weight is 409 g/mol. The number of aromatic nitrogens is 2. The fraction of sp³-hybridized carbons (Fsp3) is 0.417. The standard InChI is InChI=1S/C24H29FN4O/c1-2-18-3-5-19(6-4-18)16-26-21-9-11-28(12-10-21)13-14-29-23-15-20(25)7-8-22(23)27-17-24(29)30/h3-8,15,17,21,26H,2,9-14,16H2,1H3. The minimum atomic E-state index is -0.347. The second-order valence-electron chi connectivity index (χ2n) is 8.05. The lowest BCUT2D eigenvalue weighted by molar-refractivity contribution is 0.191. The van der Waals surface area contributed by atoms with Gasteiger partial charge in [0.1, 0.15) is 5.82 Å². The smallest absolute Gasteiger partial charge is 0.269 e. The molecule has 1 saturated heterocycles. The van der Waals surface area contributed by atoms with Gasteiger partial charge in [0.05, 0.1) is 17.2 Å². The first-order chi connectivity index (χ1) is 14.6. The zero-order valence-corrected chi connectivity index (χ0v) is 17.5. The van der Waals surface area contributed by atoms with Gasteiger partial charge in [-0.3, -0.25) is 4.79 Å². The SMILES string of the molecule is CCc1ccc(CNC2CCN(CCn3c(=O)cnc4ccc(F)cc43)CC2)cc1. The molecule has 0 radical (unpaired) electrons. The van der Waals surface area contributed by atoms with E-state index < -0.39 is 0 Å². The molecule has 0 bridgehead atoms. The Labute approximate surface area is 176 Å². The summed E-state index contributed by atoms with van der Waals surface area (Å²) < 4.78 is 15.3. The third-order valence-electron chi connectivity index (χ3n) is 6.06. The molecule has 1 N–H and O–H groups in total. The van der Waals surface area contributed by atoms with Gasteiger partial charge < -0.3 is 14.8 Å². The van der Waals surface area contributed by atoms with Crippen LogP contribution in [0.2, 0.25) is 0 Å². The number of benzene rings is 2. The number of aryl methyl sites for hydroxylation is 1. The van der Waals surface area contributed by atoms with E-state index in [9.17, 15) is 9.18 Å². The molecule has 0 saturated carbocycles. The summed E-state index contributed by atoms with van der Waals surface area (Å²) in [6.07, 6.45) is 4.58. The average Bonchev–Trinajstić information content (AvgIpc) is 2.78. The van der Waals surface area contributed by atoms with Gasteiger partial charge in [-0.05, 0) is 61.7 Å². The minimum absolute atomic E-state index is 0.182. The molecule has 4 rings (SSSR count). The van der Waals surface area contributed by atoms with Crippen molar-refractivity contribution in [2.75, 3.05) is 19.6 Å². The van der Waals surface area contributed by atoms with Crippen molar-refractivity contribution in [1.29, 1.82) is 0 Å². The maximum atomic E-state index is 13.7. The fourth-order valence-electron chi connectivity index (χ4n) is 4.12. The Morgan fingerprint density at radius 1 is 1.07 bits per heavy atom. The molecule has 3 aromatic rings. The molecule has 0 amide bonds. The summed E-state index contributed by atoms with van der Waals surface area (Å²) in [7, 11) is 0. The predicted molar refractivity (Wildman–Crippen MR) is 118 cm³/mol. The third-order valence-corrected chi connectivity index (χ3v) is 6.06. The number of rotatable bonds is 7. The summed E-state index contributed by atoms with van der Waals surface area (Å²) in [4.78, 5) is 18.8. The number of likely N-dealkylation sites (tertiary alicyclic amines) is 1. The first-order valence-electron chi connectivity index (χ1n) is 10.8. The molecule has 2 heterocycles. The summed E-state index contributed by atoms with van der Waals surface area (Å²) in [5.41, 5.74) is 3.72. The second kappa shape index (κ2) is 9.49. The van der Waals surface area contributed by atoms with Gasteiger partial charge in [0, 0.05) is 25.7 Å². The summed E-state index contributed by atoms with van der Waals surface area (Å²) in [6.45, 7) is 6.40. The van der Waals surface area contributed by atoms with E-state index in [0.29, 0.717) is 23.6 Å². The molecule has 158 valence electrons. The van der Waals surface area contributed by atoms with E-state index in [2.05, 4.69) is 46.4 Å². The number of fused-ring (bicyclic) bond motifs is 1. The van der Waals surface area contributed by atoms with Crippen LogP contribution in [0.3, 0.4) is 0 Å². The molecule has 5 nitrogen and oxygen atoms in total. The molecule has 1 aromatic heterocycles. The highest BCUT2D eigenvalue weighted by Gasteiger charge is 2.19. The quantitative estimate of drug-likeness (QED) is 0.651. The molecule has 0 unspecified atom stereocenters. The van der Waals surface area contributed by atoms with Gasteiger partial charge in [-0.1, -0.05) is 31.2 Å². The number of nitrogens with one attached hydrogen (secondary N) is 1. The van der Waals surface area contributed by atoms with Gasteiger partial charge in [-0.25, -0.2) is 9.37 Å². The number of hydrogen-bond donors (Lipinski definition) is 1. The molecule has 1 fully saturated rings. The summed E-state index contributed by atoms with van der Waals surface area (Å²) >= 11 is 0. The van der Waals surface area contributed by atoms with E-state index in [1.54, 1.807) is 10.6 Å². The van der Waals surface area contributed by atoms with Crippen LogP contribution < -0.4 is 10.9 Å². The highest BCUT2D eigenvalue weighted by molar-refractivity contribution is 5.74. The Balaban J connectivity index is 1.28. The molecule has 0 spiro atoms. The number of halogens is 1. The lowest BCUT2D eigenvalue weighted by atomic mass is 10.0. The van der Waals surface area contributed by atoms with Gasteiger partial charge in [0.2, 0.25) is 0 Å². The Kier molecular flexibility index (Phi) is 6.55. The largest absolute Gasteiger partial charge is 0.310 e. The van der Waals surface area contributed by atoms with Crippen LogP contribution in [-0.2, 0) is 19.5 Å². The lowest BCUT2D eigenvalue weighted by Crippen LogP contribution is -2.43. The highest BCUT2D eigenvalue weighted by Crippen LogP contribution is 2.14. The summed E-state index contributed by atoms with van der Waals surface area (Å²) in [5.74, 6) is -0.347. The predicted octanol–water partition coefficient (Wildman–Crippen LogP) is 3.35. The van der Waals surface area contributed by atoms with Crippen molar-refractivity contribution in [2.24, 2.45) is 0 Å². The molecule has 1 aliphatic heterocycles. The van der Waals surface area contributed by atoms with Crippen LogP contribution in [0, 0.1) is 5.82 Å². The summed E-state index contributed by atoms with van der Waals surface area (Å²) in [6, 6.07) is 13.7. The Morgan fingerprint density at radius 3 is 2.53 bits per heavy atom. The van der Waals surface area contributed by atoms with E-state index in [0.717, 1.165) is 45.4 Å². The first-order valence-corrected chi connectivity index (χ1v) is 10.8. The molecule has 6 heteroatoms. The van der Waals surface area contributed by atoms with Gasteiger partial charge in [0.25, 0.3) is 5.56 Å². The van der Waals surface area contributed by atoms with Crippen molar-refractivity contribution in [2.45, 2.75) is 45.3 Å². The van der Waals surface area contributed by atoms with E-state index in [4.69, 9.17) is 0 Å². The van der Waals surface area contributed by atoms with Crippen LogP contribution >= 0.6 is 0 Å². The van der Waals surface area contributed by atoms with E-state index in [1.807, 2.05) is 0 Å². The zero-order valence-electron chi connectivity index (χ0n) is 17.5. The van der Waals surface area contributed by atoms with Crippen LogP contribution in [0.15, 0.2) is 53.5 Å². The first kappa shape index (κ1) is 20.7. The van der Waals surface area contributed by atoms with Crippen LogP contribution in [0.5, 0.6) is 0 Å². The van der Waals surface area contributed by atoms with Crippen LogP contribution in [-0.4, -0.2) is 40.1 Å². The monoisotopic (exact) mass is 408 g/mol. The highest BCUT2D eigenvalue weighted by atomic mass is 19.1. The Bertz CT molecular complexity index is 1040. The normalized spacial score (nSPS) is 15.7. The van der Waals surface area contributed by atoms with Crippen molar-refractivity contribution < 1.29 is 4.39 Å². The molecule has 0 atom stereocenters. The van der Waals surface area contributed by atoms with Crippen LogP contribution in [0.25, 0.3) is 11.0 Å². The van der Waals surface area contributed by atoms with Crippen molar-refractivity contribution in [3.8, 4) is 0 Å². The number of piperidine rings is 1. The molecular formula is C24H29FN4O. The van der Waals surface area contributed by atoms with Gasteiger partial charge in [0.15, 0.2) is 0 Å². The Morgan fingerprint density at radius 2 is 1.80 bits per heavy atom. The fourth-order valence-corrected chi connectivity index (χ4v) is 4.12. The van der Waals surface area contributed by atoms with Crippen LogP contribution in [0.1, 0.15) is 30.9 Å². The number of hydrogen-bond acceptors (Lipinski definition) is 4. The number of nitrogens with zero attached hydrogens (tertiary/aromatic N) is 3. The maximum absolute atomic E-state index is 13.7. The van der Waals surface area contributed by atoms with Crippen molar-refractivity contribution in [3.63, 3.8) is 0 Å². The van der Waals surface area contributed by atoms with Gasteiger partial charge in [-0.2, -0.15) is 0 Å². The maximum Gasteiger partial charge on any atom is 0.269 e. The van der Waals surface area contributed by atoms with Crippen LogP contribution in [0.4, 0.5) is 4.39 Å². The zero-order chi connectivity index (χ0) is 20.9. The molecule has 30 heavy (non-hydrogen) atoms. The molecular weight excluding hydrogens is 379 g/mol. The Hall–Kier alpha value is -2.57. The van der Waals surface area contributed by atoms with E-state index >= 15 is 0 Å². The third kappa shape index (κ3) is 4.94. The lowest BCUT2D eigenvalue weighted by Gasteiger charge is -2.32. The molecule has 1 aliphatic rings. The minimum Gasteiger partial charge on any atom is -0.310 e. The van der Waals surface area contributed by atoms with Crippen molar-refractivity contribution >= 4 is 11.0 Å². The van der Waals surface area contributed by atoms with E-state index in [1.165, 1.54) is 29.5 Å². The van der Waals surface area contributed by atoms with E-state index in [-0.39, 0.29) is 11.4 Å². The second-order valence-corrected chi connectivity index (χ2v) is 8.05. The van der Waals surface area contributed by atoms with Crippen molar-refractivity contribution in [3.05, 3.63) is 76.0 Å². The topological polar surface area (TPSA) is 50.2 Å². The summed E-state index contributed by atoms with van der Waals surface area (Å²) in [5, 5.41) is 3.68. The van der Waals surface area contributed by atoms with Gasteiger partial charge in [-0.15, -0.1) is 0 Å².